The zero-order valence-corrected chi connectivity index (χ0v) is 22.0. The number of nitrogens with zero attached hydrogens (tertiary/aromatic N) is 4. The Morgan fingerprint density at radius 2 is 1.62 bits per heavy atom. The Labute approximate surface area is 225 Å². The molecule has 218 valence electrons. The highest BCUT2D eigenvalue weighted by Gasteiger charge is 2.39. The number of piperidine rings is 1. The van der Waals surface area contributed by atoms with Gasteiger partial charge in [0.2, 0.25) is 0 Å². The molecule has 0 bridgehead atoms. The SMILES string of the molecule is CCOC(=O)C(C)C(C(=O)O)N1CCC(N2CCN(c3ccc(C=NN)cc3)CC2)CC1.O=C(O)C(F)(F)F. The van der Waals surface area contributed by atoms with E-state index in [1.807, 2.05) is 17.0 Å². The molecule has 2 aliphatic rings. The molecule has 0 radical (unpaired) electrons. The fourth-order valence-electron chi connectivity index (χ4n) is 4.82. The Morgan fingerprint density at radius 1 is 1.08 bits per heavy atom. The molecule has 2 fully saturated rings. The highest BCUT2D eigenvalue weighted by atomic mass is 19.4. The molecule has 2 saturated heterocycles. The summed E-state index contributed by atoms with van der Waals surface area (Å²) in [4.78, 5) is 39.7. The van der Waals surface area contributed by atoms with E-state index in [1.165, 1.54) is 5.69 Å². The van der Waals surface area contributed by atoms with Crippen LogP contribution in [0, 0.1) is 5.92 Å². The molecule has 0 amide bonds. The van der Waals surface area contributed by atoms with Crippen molar-refractivity contribution in [2.75, 3.05) is 50.8 Å². The van der Waals surface area contributed by atoms with Gasteiger partial charge in [0.1, 0.15) is 6.04 Å². The van der Waals surface area contributed by atoms with Crippen molar-refractivity contribution in [3.05, 3.63) is 29.8 Å². The van der Waals surface area contributed by atoms with Crippen molar-refractivity contribution < 1.29 is 42.5 Å². The fraction of sp³-hybridized carbons (Fsp3) is 0.600. The van der Waals surface area contributed by atoms with E-state index in [9.17, 15) is 27.9 Å². The van der Waals surface area contributed by atoms with Crippen LogP contribution in [0.4, 0.5) is 18.9 Å². The molecule has 0 aromatic heterocycles. The van der Waals surface area contributed by atoms with Crippen LogP contribution in [0.3, 0.4) is 0 Å². The largest absolute Gasteiger partial charge is 0.490 e. The first kappa shape index (κ1) is 31.8. The smallest absolute Gasteiger partial charge is 0.480 e. The van der Waals surface area contributed by atoms with Gasteiger partial charge in [0.05, 0.1) is 18.7 Å². The molecular weight excluding hydrogens is 523 g/mol. The van der Waals surface area contributed by atoms with Crippen molar-refractivity contribution in [1.29, 1.82) is 0 Å². The summed E-state index contributed by atoms with van der Waals surface area (Å²) in [6, 6.07) is 7.85. The average Bonchev–Trinajstić information content (AvgIpc) is 2.90. The third kappa shape index (κ3) is 9.39. The lowest BCUT2D eigenvalue weighted by Gasteiger charge is -2.44. The molecule has 0 spiro atoms. The third-order valence-corrected chi connectivity index (χ3v) is 6.83. The molecule has 1 aromatic rings. The predicted octanol–water partition coefficient (Wildman–Crippen LogP) is 1.85. The Kier molecular flexibility index (Phi) is 12.0. The molecule has 2 atom stereocenters. The molecule has 3 rings (SSSR count). The van der Waals surface area contributed by atoms with Crippen LogP contribution in [-0.2, 0) is 19.1 Å². The Morgan fingerprint density at radius 3 is 2.05 bits per heavy atom. The number of carbonyl (C=O) groups is 3. The minimum absolute atomic E-state index is 0.260. The number of carbonyl (C=O) groups excluding carboxylic acids is 1. The van der Waals surface area contributed by atoms with Crippen LogP contribution in [0.15, 0.2) is 29.4 Å². The first-order chi connectivity index (χ1) is 18.4. The van der Waals surface area contributed by atoms with Crippen LogP contribution in [0.1, 0.15) is 32.3 Å². The van der Waals surface area contributed by atoms with Crippen molar-refractivity contribution in [3.8, 4) is 0 Å². The normalized spacial score (nSPS) is 19.2. The number of carboxylic acids is 2. The van der Waals surface area contributed by atoms with Gasteiger partial charge in [-0.2, -0.15) is 18.3 Å². The second kappa shape index (κ2) is 14.7. The van der Waals surface area contributed by atoms with E-state index in [2.05, 4.69) is 27.0 Å². The van der Waals surface area contributed by atoms with Crippen LogP contribution < -0.4 is 10.7 Å². The van der Waals surface area contributed by atoms with Crippen LogP contribution in [-0.4, -0.2) is 108 Å². The minimum atomic E-state index is -5.08. The van der Waals surface area contributed by atoms with E-state index < -0.39 is 36.0 Å². The van der Waals surface area contributed by atoms with Crippen molar-refractivity contribution in [1.82, 2.24) is 9.80 Å². The zero-order chi connectivity index (χ0) is 29.2. The van der Waals surface area contributed by atoms with E-state index in [0.29, 0.717) is 19.1 Å². The lowest BCUT2D eigenvalue weighted by Crippen LogP contribution is -2.56. The van der Waals surface area contributed by atoms with Gasteiger partial charge >= 0.3 is 24.1 Å². The van der Waals surface area contributed by atoms with Crippen molar-refractivity contribution in [3.63, 3.8) is 0 Å². The predicted molar refractivity (Wildman–Crippen MR) is 138 cm³/mol. The number of hydrazone groups is 1. The number of piperazine rings is 1. The maximum Gasteiger partial charge on any atom is 0.490 e. The van der Waals surface area contributed by atoms with Gasteiger partial charge in [-0.1, -0.05) is 12.1 Å². The second-order valence-electron chi connectivity index (χ2n) is 9.29. The number of benzene rings is 1. The first-order valence-corrected chi connectivity index (χ1v) is 12.6. The van der Waals surface area contributed by atoms with Crippen molar-refractivity contribution >= 4 is 29.8 Å². The number of likely N-dealkylation sites (tertiary alicyclic amines) is 1. The quantitative estimate of drug-likeness (QED) is 0.186. The number of hydrogen-bond donors (Lipinski definition) is 3. The van der Waals surface area contributed by atoms with Gasteiger partial charge in [-0.15, -0.1) is 0 Å². The van der Waals surface area contributed by atoms with Gasteiger partial charge in [-0.25, -0.2) is 4.79 Å². The summed E-state index contributed by atoms with van der Waals surface area (Å²) in [5, 5.41) is 20.4. The number of ether oxygens (including phenoxy) is 1. The van der Waals surface area contributed by atoms with Crippen LogP contribution in [0.2, 0.25) is 0 Å². The fourth-order valence-corrected chi connectivity index (χ4v) is 4.82. The van der Waals surface area contributed by atoms with Gasteiger partial charge in [0.25, 0.3) is 0 Å². The van der Waals surface area contributed by atoms with Gasteiger partial charge in [0, 0.05) is 51.0 Å². The van der Waals surface area contributed by atoms with E-state index in [0.717, 1.165) is 44.6 Å². The number of alkyl halides is 3. The summed E-state index contributed by atoms with van der Waals surface area (Å²) in [6.45, 7) is 8.89. The minimum Gasteiger partial charge on any atom is -0.480 e. The summed E-state index contributed by atoms with van der Waals surface area (Å²) in [6.07, 6.45) is -1.63. The van der Waals surface area contributed by atoms with E-state index in [4.69, 9.17) is 20.5 Å². The average molecular weight is 560 g/mol. The van der Waals surface area contributed by atoms with E-state index >= 15 is 0 Å². The summed E-state index contributed by atoms with van der Waals surface area (Å²) in [7, 11) is 0. The molecule has 2 unspecified atom stereocenters. The van der Waals surface area contributed by atoms with Gasteiger partial charge < -0.3 is 25.7 Å². The molecule has 4 N–H and O–H groups in total. The molecule has 0 aliphatic carbocycles. The molecule has 2 heterocycles. The molecular formula is C25H36F3N5O6. The van der Waals surface area contributed by atoms with E-state index in [-0.39, 0.29) is 6.61 Å². The number of aliphatic carboxylic acids is 2. The van der Waals surface area contributed by atoms with Crippen molar-refractivity contribution in [2.45, 2.75) is 44.9 Å². The topological polar surface area (TPSA) is 149 Å². The zero-order valence-electron chi connectivity index (χ0n) is 22.0. The van der Waals surface area contributed by atoms with Crippen LogP contribution in [0.25, 0.3) is 0 Å². The Balaban J connectivity index is 0.000000673. The monoisotopic (exact) mass is 559 g/mol. The first-order valence-electron chi connectivity index (χ1n) is 12.6. The number of hydrogen-bond acceptors (Lipinski definition) is 9. The Hall–Kier alpha value is -3.39. The summed E-state index contributed by atoms with van der Waals surface area (Å²) >= 11 is 0. The van der Waals surface area contributed by atoms with E-state index in [1.54, 1.807) is 20.1 Å². The molecule has 39 heavy (non-hydrogen) atoms. The van der Waals surface area contributed by atoms with Crippen LogP contribution in [0.5, 0.6) is 0 Å². The number of carboxylic acid groups (broad SMARTS) is 2. The lowest BCUT2D eigenvalue weighted by molar-refractivity contribution is -0.192. The summed E-state index contributed by atoms with van der Waals surface area (Å²) in [5.74, 6) is 0.366. The maximum absolute atomic E-state index is 12.1. The maximum atomic E-state index is 12.1. The summed E-state index contributed by atoms with van der Waals surface area (Å²) < 4.78 is 36.8. The summed E-state index contributed by atoms with van der Waals surface area (Å²) in [5.41, 5.74) is 2.18. The van der Waals surface area contributed by atoms with Crippen LogP contribution >= 0.6 is 0 Å². The number of nitrogens with two attached hydrogens (primary N) is 1. The van der Waals surface area contributed by atoms with Gasteiger partial charge in [0.15, 0.2) is 0 Å². The lowest BCUT2D eigenvalue weighted by atomic mass is 9.95. The third-order valence-electron chi connectivity index (χ3n) is 6.83. The molecule has 11 nitrogen and oxygen atoms in total. The van der Waals surface area contributed by atoms with Crippen molar-refractivity contribution in [2.24, 2.45) is 16.9 Å². The highest BCUT2D eigenvalue weighted by Crippen LogP contribution is 2.25. The number of anilines is 1. The van der Waals surface area contributed by atoms with Gasteiger partial charge in [-0.05, 0) is 44.4 Å². The second-order valence-corrected chi connectivity index (χ2v) is 9.29. The molecule has 14 heteroatoms. The standard InChI is InChI=1S/C23H35N5O4.C2HF3O2/c1-3-32-23(31)17(2)21(22(29)30)28-10-8-20(9-11-28)27-14-12-26(13-15-27)19-6-4-18(5-7-19)16-25-24;3-2(4,5)1(6)7/h4-7,16-17,20-21H,3,8-15,24H2,1-2H3,(H,29,30);(H,6,7). The molecule has 1 aromatic carbocycles. The van der Waals surface area contributed by atoms with Gasteiger partial charge in [-0.3, -0.25) is 19.4 Å². The molecule has 2 aliphatic heterocycles. The molecule has 0 saturated carbocycles. The highest BCUT2D eigenvalue weighted by molar-refractivity contribution is 5.83. The number of rotatable bonds is 8. The Bertz CT molecular complexity index is 975. The number of esters is 1. The number of halogens is 3.